The molecule has 3 heterocycles. The highest BCUT2D eigenvalue weighted by Gasteiger charge is 2.10. The number of thioether (sulfide) groups is 1. The predicted octanol–water partition coefficient (Wildman–Crippen LogP) is 4.19. The molecule has 27 heavy (non-hydrogen) atoms. The highest BCUT2D eigenvalue weighted by molar-refractivity contribution is 7.99. The number of aromatic nitrogens is 4. The average Bonchev–Trinajstić information content (AvgIpc) is 3.08. The molecule has 0 saturated carbocycles. The fourth-order valence-electron chi connectivity index (χ4n) is 2.43. The molecule has 3 aromatic heterocycles. The van der Waals surface area contributed by atoms with Gasteiger partial charge in [0.05, 0.1) is 21.7 Å². The molecular formula is C19H15N5OS2. The number of hydrogen-bond donors (Lipinski definition) is 1. The van der Waals surface area contributed by atoms with Crippen molar-refractivity contribution in [3.63, 3.8) is 0 Å². The maximum Gasteiger partial charge on any atom is 0.236 e. The summed E-state index contributed by atoms with van der Waals surface area (Å²) in [5, 5.41) is 12.5. The molecular weight excluding hydrogens is 378 g/mol. The third kappa shape index (κ3) is 4.29. The number of aryl methyl sites for hydroxylation is 1. The Kier molecular flexibility index (Phi) is 5.08. The van der Waals surface area contributed by atoms with E-state index in [1.165, 1.54) is 28.7 Å². The molecule has 0 atom stereocenters. The Hall–Kier alpha value is -2.84. The van der Waals surface area contributed by atoms with Gasteiger partial charge in [-0.2, -0.15) is 0 Å². The van der Waals surface area contributed by atoms with Crippen LogP contribution in [0.25, 0.3) is 21.6 Å². The zero-order valence-electron chi connectivity index (χ0n) is 14.4. The molecule has 0 unspecified atom stereocenters. The van der Waals surface area contributed by atoms with E-state index < -0.39 is 0 Å². The lowest BCUT2D eigenvalue weighted by Crippen LogP contribution is -2.13. The van der Waals surface area contributed by atoms with Crippen LogP contribution in [-0.4, -0.2) is 31.8 Å². The van der Waals surface area contributed by atoms with Gasteiger partial charge in [-0.3, -0.25) is 9.78 Å². The van der Waals surface area contributed by atoms with Gasteiger partial charge in [0.2, 0.25) is 5.91 Å². The second kappa shape index (κ2) is 7.81. The summed E-state index contributed by atoms with van der Waals surface area (Å²) in [7, 11) is 0. The highest BCUT2D eigenvalue weighted by atomic mass is 32.2. The van der Waals surface area contributed by atoms with Crippen LogP contribution in [0.5, 0.6) is 0 Å². The SMILES string of the molecule is Cc1ccc2nc(NC(=O)CSc3ccc(-c4ccccn4)nn3)sc2c1. The molecule has 0 saturated heterocycles. The summed E-state index contributed by atoms with van der Waals surface area (Å²) in [4.78, 5) is 20.9. The standard InChI is InChI=1S/C19H15N5OS2/c1-12-5-6-15-16(10-12)27-19(21-15)22-17(25)11-26-18-8-7-14(23-24-18)13-4-2-3-9-20-13/h2-10H,11H2,1H3,(H,21,22,25). The van der Waals surface area contributed by atoms with Gasteiger partial charge < -0.3 is 5.32 Å². The molecule has 1 amide bonds. The molecule has 4 rings (SSSR count). The molecule has 4 aromatic rings. The Bertz CT molecular complexity index is 1080. The minimum atomic E-state index is -0.119. The van der Waals surface area contributed by atoms with Crippen molar-refractivity contribution in [1.82, 2.24) is 20.2 Å². The maximum atomic E-state index is 12.2. The number of rotatable bonds is 5. The Balaban J connectivity index is 1.35. The molecule has 0 radical (unpaired) electrons. The van der Waals surface area contributed by atoms with Crippen LogP contribution in [0, 0.1) is 6.92 Å². The van der Waals surface area contributed by atoms with Crippen LogP contribution in [-0.2, 0) is 4.79 Å². The average molecular weight is 393 g/mol. The molecule has 1 aromatic carbocycles. The van der Waals surface area contributed by atoms with Crippen LogP contribution in [0.2, 0.25) is 0 Å². The van der Waals surface area contributed by atoms with Crippen LogP contribution in [0.15, 0.2) is 59.8 Å². The van der Waals surface area contributed by atoms with Gasteiger partial charge in [-0.05, 0) is 48.9 Å². The molecule has 134 valence electrons. The lowest BCUT2D eigenvalue weighted by molar-refractivity contribution is -0.113. The van der Waals surface area contributed by atoms with Gasteiger partial charge in [-0.1, -0.05) is 35.2 Å². The summed E-state index contributed by atoms with van der Waals surface area (Å²) in [6.45, 7) is 2.04. The third-order valence-corrected chi connectivity index (χ3v) is 5.56. The topological polar surface area (TPSA) is 80.7 Å². The Morgan fingerprint density at radius 1 is 1.11 bits per heavy atom. The first-order valence-electron chi connectivity index (χ1n) is 8.22. The van der Waals surface area contributed by atoms with E-state index in [4.69, 9.17) is 0 Å². The molecule has 0 spiro atoms. The van der Waals surface area contributed by atoms with Gasteiger partial charge in [0, 0.05) is 6.20 Å². The van der Waals surface area contributed by atoms with Crippen molar-refractivity contribution in [2.24, 2.45) is 0 Å². The Labute approximate surface area is 164 Å². The number of benzene rings is 1. The number of carbonyl (C=O) groups is 1. The van der Waals surface area contributed by atoms with Crippen LogP contribution < -0.4 is 5.32 Å². The van der Waals surface area contributed by atoms with Crippen LogP contribution >= 0.6 is 23.1 Å². The Morgan fingerprint density at radius 3 is 2.81 bits per heavy atom. The second-order valence-electron chi connectivity index (χ2n) is 5.80. The van der Waals surface area contributed by atoms with Crippen molar-refractivity contribution >= 4 is 44.4 Å². The zero-order chi connectivity index (χ0) is 18.6. The number of amides is 1. The van der Waals surface area contributed by atoms with E-state index in [1.54, 1.807) is 6.20 Å². The minimum absolute atomic E-state index is 0.119. The summed E-state index contributed by atoms with van der Waals surface area (Å²) < 4.78 is 1.06. The molecule has 0 bridgehead atoms. The van der Waals surface area contributed by atoms with E-state index in [-0.39, 0.29) is 11.7 Å². The van der Waals surface area contributed by atoms with Crippen LogP contribution in [0.1, 0.15) is 5.56 Å². The number of carbonyl (C=O) groups excluding carboxylic acids is 1. The number of nitrogens with one attached hydrogen (secondary N) is 1. The second-order valence-corrected chi connectivity index (χ2v) is 7.83. The van der Waals surface area contributed by atoms with Crippen molar-refractivity contribution in [1.29, 1.82) is 0 Å². The van der Waals surface area contributed by atoms with Gasteiger partial charge in [0.1, 0.15) is 10.7 Å². The molecule has 0 aliphatic carbocycles. The van der Waals surface area contributed by atoms with Gasteiger partial charge in [0.15, 0.2) is 5.13 Å². The van der Waals surface area contributed by atoms with Crippen LogP contribution in [0.4, 0.5) is 5.13 Å². The first-order valence-corrected chi connectivity index (χ1v) is 10.0. The Morgan fingerprint density at radius 2 is 2.04 bits per heavy atom. The van der Waals surface area contributed by atoms with E-state index in [0.29, 0.717) is 15.9 Å². The van der Waals surface area contributed by atoms with Crippen molar-refractivity contribution in [2.45, 2.75) is 11.9 Å². The maximum absolute atomic E-state index is 12.2. The molecule has 6 nitrogen and oxygen atoms in total. The van der Waals surface area contributed by atoms with Gasteiger partial charge in [-0.25, -0.2) is 4.98 Å². The fraction of sp³-hybridized carbons (Fsp3) is 0.105. The van der Waals surface area contributed by atoms with E-state index in [0.717, 1.165) is 15.9 Å². The van der Waals surface area contributed by atoms with E-state index >= 15 is 0 Å². The number of fused-ring (bicyclic) bond motifs is 1. The number of pyridine rings is 1. The lowest BCUT2D eigenvalue weighted by atomic mass is 10.2. The van der Waals surface area contributed by atoms with Gasteiger partial charge in [0.25, 0.3) is 0 Å². The molecule has 0 aliphatic heterocycles. The van der Waals surface area contributed by atoms with Crippen molar-refractivity contribution in [3.05, 3.63) is 60.3 Å². The highest BCUT2D eigenvalue weighted by Crippen LogP contribution is 2.27. The van der Waals surface area contributed by atoms with E-state index in [2.05, 4.69) is 31.5 Å². The monoisotopic (exact) mass is 393 g/mol. The lowest BCUT2D eigenvalue weighted by Gasteiger charge is -2.02. The molecule has 0 aliphatic rings. The quantitative estimate of drug-likeness (QED) is 0.512. The zero-order valence-corrected chi connectivity index (χ0v) is 16.0. The first-order chi connectivity index (χ1) is 13.2. The molecule has 8 heteroatoms. The first kappa shape index (κ1) is 17.6. The summed E-state index contributed by atoms with van der Waals surface area (Å²) in [6.07, 6.45) is 1.72. The summed E-state index contributed by atoms with van der Waals surface area (Å²) in [6, 6.07) is 15.4. The summed E-state index contributed by atoms with van der Waals surface area (Å²) in [5.41, 5.74) is 3.54. The summed E-state index contributed by atoms with van der Waals surface area (Å²) >= 11 is 2.81. The van der Waals surface area contributed by atoms with Crippen LogP contribution in [0.3, 0.4) is 0 Å². The van der Waals surface area contributed by atoms with Crippen molar-refractivity contribution in [2.75, 3.05) is 11.1 Å². The van der Waals surface area contributed by atoms with Gasteiger partial charge in [-0.15, -0.1) is 10.2 Å². The largest absolute Gasteiger partial charge is 0.301 e. The van der Waals surface area contributed by atoms with E-state index in [9.17, 15) is 4.79 Å². The fourth-order valence-corrected chi connectivity index (χ4v) is 4.02. The third-order valence-electron chi connectivity index (χ3n) is 3.71. The van der Waals surface area contributed by atoms with Crippen molar-refractivity contribution in [3.8, 4) is 11.4 Å². The number of hydrogen-bond acceptors (Lipinski definition) is 7. The minimum Gasteiger partial charge on any atom is -0.301 e. The molecule has 0 fully saturated rings. The smallest absolute Gasteiger partial charge is 0.236 e. The predicted molar refractivity (Wildman–Crippen MR) is 109 cm³/mol. The number of thiazole rings is 1. The summed E-state index contributed by atoms with van der Waals surface area (Å²) in [5.74, 6) is 0.124. The number of anilines is 1. The molecule has 1 N–H and O–H groups in total. The van der Waals surface area contributed by atoms with Crippen molar-refractivity contribution < 1.29 is 4.79 Å². The van der Waals surface area contributed by atoms with Gasteiger partial charge >= 0.3 is 0 Å². The van der Waals surface area contributed by atoms with E-state index in [1.807, 2.05) is 49.4 Å². The normalized spacial score (nSPS) is 10.9. The number of nitrogens with zero attached hydrogens (tertiary/aromatic N) is 4.